The Bertz CT molecular complexity index is 359. The second kappa shape index (κ2) is 4.18. The predicted molar refractivity (Wildman–Crippen MR) is 62.1 cm³/mol. The van der Waals surface area contributed by atoms with Crippen molar-refractivity contribution in [1.82, 2.24) is 0 Å². The van der Waals surface area contributed by atoms with Crippen LogP contribution in [0.25, 0.3) is 0 Å². The van der Waals surface area contributed by atoms with E-state index >= 15 is 0 Å². The molecule has 0 N–H and O–H groups in total. The molecule has 0 amide bonds. The summed E-state index contributed by atoms with van der Waals surface area (Å²) < 4.78 is 0. The van der Waals surface area contributed by atoms with E-state index in [1.165, 1.54) is 23.1 Å². The molecule has 1 aromatic rings. The van der Waals surface area contributed by atoms with Gasteiger partial charge in [0.1, 0.15) is 5.78 Å². The molecule has 0 aliphatic heterocycles. The second-order valence-electron chi connectivity index (χ2n) is 4.75. The molecule has 1 nitrogen and oxygen atoms in total. The van der Waals surface area contributed by atoms with Crippen LogP contribution >= 0.6 is 0 Å². The zero-order chi connectivity index (χ0) is 10.8. The lowest BCUT2D eigenvalue weighted by Gasteiger charge is -2.21. The lowest BCUT2D eigenvalue weighted by Crippen LogP contribution is -2.13. The largest absolute Gasteiger partial charge is 0.300 e. The van der Waals surface area contributed by atoms with Gasteiger partial charge in [-0.3, -0.25) is 4.79 Å². The van der Waals surface area contributed by atoms with Gasteiger partial charge in [0.05, 0.1) is 0 Å². The summed E-state index contributed by atoms with van der Waals surface area (Å²) in [5.74, 6) is 0.912. The number of carbonyl (C=O) groups excluding carboxylic acids is 1. The van der Waals surface area contributed by atoms with E-state index in [0.717, 1.165) is 19.3 Å². The van der Waals surface area contributed by atoms with E-state index < -0.39 is 0 Å². The fourth-order valence-electron chi connectivity index (χ4n) is 2.55. The summed E-state index contributed by atoms with van der Waals surface area (Å²) in [6, 6.07) is 6.65. The molecule has 0 unspecified atom stereocenters. The molecule has 1 saturated carbocycles. The highest BCUT2D eigenvalue weighted by Gasteiger charge is 2.20. The van der Waals surface area contributed by atoms with Crippen LogP contribution in [0.15, 0.2) is 18.2 Å². The van der Waals surface area contributed by atoms with Gasteiger partial charge in [0, 0.05) is 12.8 Å². The third kappa shape index (κ3) is 2.47. The highest BCUT2D eigenvalue weighted by Crippen LogP contribution is 2.31. The molecule has 1 aliphatic carbocycles. The molecule has 1 atom stereocenters. The standard InChI is InChI=1S/C14H18O/c1-10-6-11(2)8-13(7-10)12-4-3-5-14(15)9-12/h6-8,12H,3-5,9H2,1-2H3/t12-/m0/s1. The van der Waals surface area contributed by atoms with E-state index in [1.54, 1.807) is 0 Å². The smallest absolute Gasteiger partial charge is 0.133 e. The average molecular weight is 202 g/mol. The molecule has 0 spiro atoms. The van der Waals surface area contributed by atoms with Crippen LogP contribution in [0, 0.1) is 13.8 Å². The van der Waals surface area contributed by atoms with Gasteiger partial charge in [-0.2, -0.15) is 0 Å². The van der Waals surface area contributed by atoms with Crippen molar-refractivity contribution in [2.24, 2.45) is 0 Å². The molecule has 1 aliphatic rings. The molecule has 0 saturated heterocycles. The fourth-order valence-corrected chi connectivity index (χ4v) is 2.55. The quantitative estimate of drug-likeness (QED) is 0.681. The fraction of sp³-hybridized carbons (Fsp3) is 0.500. The van der Waals surface area contributed by atoms with E-state index in [2.05, 4.69) is 32.0 Å². The molecule has 2 rings (SSSR count). The number of Topliss-reactive ketones (excluding diaryl/α,β-unsaturated/α-hetero) is 1. The first kappa shape index (κ1) is 10.4. The van der Waals surface area contributed by atoms with Crippen LogP contribution in [0.1, 0.15) is 48.3 Å². The van der Waals surface area contributed by atoms with Gasteiger partial charge in [0.2, 0.25) is 0 Å². The van der Waals surface area contributed by atoms with Crippen molar-refractivity contribution in [3.8, 4) is 0 Å². The van der Waals surface area contributed by atoms with E-state index in [-0.39, 0.29) is 0 Å². The molecule has 0 heterocycles. The Balaban J connectivity index is 2.24. The number of hydrogen-bond donors (Lipinski definition) is 0. The molecule has 15 heavy (non-hydrogen) atoms. The Labute approximate surface area is 91.5 Å². The summed E-state index contributed by atoms with van der Waals surface area (Å²) in [6.45, 7) is 4.25. The van der Waals surface area contributed by atoms with Crippen LogP contribution < -0.4 is 0 Å². The maximum Gasteiger partial charge on any atom is 0.133 e. The first-order chi connectivity index (χ1) is 7.15. The van der Waals surface area contributed by atoms with E-state index in [1.807, 2.05) is 0 Å². The monoisotopic (exact) mass is 202 g/mol. The van der Waals surface area contributed by atoms with Gasteiger partial charge in [-0.05, 0) is 38.2 Å². The van der Waals surface area contributed by atoms with Gasteiger partial charge in [-0.15, -0.1) is 0 Å². The van der Waals surface area contributed by atoms with E-state index in [0.29, 0.717) is 11.7 Å². The Morgan fingerprint density at radius 1 is 1.13 bits per heavy atom. The molecule has 0 aromatic heterocycles. The second-order valence-corrected chi connectivity index (χ2v) is 4.75. The third-order valence-electron chi connectivity index (χ3n) is 3.20. The maximum absolute atomic E-state index is 11.4. The highest BCUT2D eigenvalue weighted by atomic mass is 16.1. The summed E-state index contributed by atoms with van der Waals surface area (Å²) in [4.78, 5) is 11.4. The number of rotatable bonds is 1. The lowest BCUT2D eigenvalue weighted by atomic mass is 9.82. The summed E-state index contributed by atoms with van der Waals surface area (Å²) in [5.41, 5.74) is 3.98. The maximum atomic E-state index is 11.4. The van der Waals surface area contributed by atoms with Gasteiger partial charge in [0.25, 0.3) is 0 Å². The first-order valence-corrected chi connectivity index (χ1v) is 5.75. The van der Waals surface area contributed by atoms with Crippen molar-refractivity contribution < 1.29 is 4.79 Å². The van der Waals surface area contributed by atoms with Gasteiger partial charge >= 0.3 is 0 Å². The van der Waals surface area contributed by atoms with E-state index in [9.17, 15) is 4.79 Å². The zero-order valence-electron chi connectivity index (χ0n) is 9.55. The van der Waals surface area contributed by atoms with Crippen molar-refractivity contribution in [2.75, 3.05) is 0 Å². The summed E-state index contributed by atoms with van der Waals surface area (Å²) in [7, 11) is 0. The number of hydrogen-bond acceptors (Lipinski definition) is 1. The number of carbonyl (C=O) groups is 1. The Morgan fingerprint density at radius 2 is 1.80 bits per heavy atom. The van der Waals surface area contributed by atoms with E-state index in [4.69, 9.17) is 0 Å². The lowest BCUT2D eigenvalue weighted by molar-refractivity contribution is -0.120. The van der Waals surface area contributed by atoms with Crippen LogP contribution in [0.4, 0.5) is 0 Å². The van der Waals surface area contributed by atoms with Crippen molar-refractivity contribution in [2.45, 2.75) is 45.4 Å². The molecule has 0 bridgehead atoms. The number of benzene rings is 1. The molecular formula is C14H18O. The van der Waals surface area contributed by atoms with Gasteiger partial charge in [-0.25, -0.2) is 0 Å². The normalized spacial score (nSPS) is 21.7. The van der Waals surface area contributed by atoms with Crippen molar-refractivity contribution >= 4 is 5.78 Å². The highest BCUT2D eigenvalue weighted by molar-refractivity contribution is 5.80. The molecule has 1 fully saturated rings. The van der Waals surface area contributed by atoms with Gasteiger partial charge in [-0.1, -0.05) is 29.3 Å². The van der Waals surface area contributed by atoms with Crippen molar-refractivity contribution in [3.05, 3.63) is 34.9 Å². The Kier molecular flexibility index (Phi) is 2.90. The summed E-state index contributed by atoms with van der Waals surface area (Å²) >= 11 is 0. The first-order valence-electron chi connectivity index (χ1n) is 5.75. The van der Waals surface area contributed by atoms with Crippen LogP contribution in [-0.2, 0) is 4.79 Å². The molecule has 80 valence electrons. The minimum atomic E-state index is 0.436. The number of ketones is 1. The van der Waals surface area contributed by atoms with Crippen molar-refractivity contribution in [3.63, 3.8) is 0 Å². The summed E-state index contributed by atoms with van der Waals surface area (Å²) in [6.07, 6.45) is 3.79. The Hall–Kier alpha value is -1.11. The number of aryl methyl sites for hydroxylation is 2. The molecule has 1 heteroatoms. The molecule has 0 radical (unpaired) electrons. The van der Waals surface area contributed by atoms with Gasteiger partial charge < -0.3 is 0 Å². The predicted octanol–water partition coefficient (Wildman–Crippen LogP) is 3.53. The van der Waals surface area contributed by atoms with Crippen molar-refractivity contribution in [1.29, 1.82) is 0 Å². The van der Waals surface area contributed by atoms with Crippen LogP contribution in [0.2, 0.25) is 0 Å². The van der Waals surface area contributed by atoms with Crippen LogP contribution in [-0.4, -0.2) is 5.78 Å². The molecule has 1 aromatic carbocycles. The molecular weight excluding hydrogens is 184 g/mol. The van der Waals surface area contributed by atoms with Crippen LogP contribution in [0.5, 0.6) is 0 Å². The van der Waals surface area contributed by atoms with Crippen LogP contribution in [0.3, 0.4) is 0 Å². The zero-order valence-corrected chi connectivity index (χ0v) is 9.55. The minimum absolute atomic E-state index is 0.436. The summed E-state index contributed by atoms with van der Waals surface area (Å²) in [5, 5.41) is 0. The third-order valence-corrected chi connectivity index (χ3v) is 3.20. The Morgan fingerprint density at radius 3 is 2.40 bits per heavy atom. The average Bonchev–Trinajstić information content (AvgIpc) is 2.16. The minimum Gasteiger partial charge on any atom is -0.300 e. The topological polar surface area (TPSA) is 17.1 Å². The SMILES string of the molecule is Cc1cc(C)cc([C@H]2CCCC(=O)C2)c1. The van der Waals surface area contributed by atoms with Gasteiger partial charge in [0.15, 0.2) is 0 Å².